The maximum Gasteiger partial charge on any atom is 0.417 e. The number of halogens is 8. The summed E-state index contributed by atoms with van der Waals surface area (Å²) in [7, 11) is 0. The van der Waals surface area contributed by atoms with Crippen LogP contribution >= 0.6 is 23.2 Å². The van der Waals surface area contributed by atoms with Crippen LogP contribution in [-0.2, 0) is 42.8 Å². The van der Waals surface area contributed by atoms with E-state index in [9.17, 15) is 45.8 Å². The van der Waals surface area contributed by atoms with Crippen LogP contribution in [0.15, 0.2) is 72.8 Å². The molecule has 4 aromatic rings. The van der Waals surface area contributed by atoms with Crippen LogP contribution in [0.2, 0.25) is 10.0 Å². The van der Waals surface area contributed by atoms with Crippen LogP contribution < -0.4 is 21.3 Å². The third-order valence-electron chi connectivity index (χ3n) is 8.33. The normalized spacial score (nSPS) is 15.3. The van der Waals surface area contributed by atoms with Crippen LogP contribution in [0.25, 0.3) is 0 Å². The second kappa shape index (κ2) is 15.8. The van der Waals surface area contributed by atoms with Crippen LogP contribution in [0.4, 0.5) is 58.7 Å². The molecule has 4 aromatic carbocycles. The zero-order valence-corrected chi connectivity index (χ0v) is 28.5. The van der Waals surface area contributed by atoms with Crippen molar-refractivity contribution >= 4 is 63.8 Å². The van der Waals surface area contributed by atoms with Crippen LogP contribution in [0.1, 0.15) is 46.2 Å². The average Bonchev–Trinajstić information content (AvgIpc) is 3.05. The first-order valence-corrected chi connectivity index (χ1v) is 16.5. The number of carbonyl (C=O) groups excluding carboxylic acids is 3. The number of carbonyl (C=O) groups is 3. The maximum atomic E-state index is 12.9. The largest absolute Gasteiger partial charge is 0.417 e. The lowest BCUT2D eigenvalue weighted by molar-refractivity contribution is -0.138. The zero-order chi connectivity index (χ0) is 37.8. The first kappa shape index (κ1) is 38.4. The number of hydrogen-bond donors (Lipinski definition) is 5. The first-order chi connectivity index (χ1) is 24.5. The number of anilines is 4. The number of nitrogens with one attached hydrogen (secondary N) is 4. The molecule has 0 radical (unpaired) electrons. The first-order valence-electron chi connectivity index (χ1n) is 15.8. The van der Waals surface area contributed by atoms with Gasteiger partial charge in [0.05, 0.1) is 27.3 Å². The van der Waals surface area contributed by atoms with Gasteiger partial charge in [0.1, 0.15) is 5.78 Å². The van der Waals surface area contributed by atoms with Gasteiger partial charge in [0.15, 0.2) is 0 Å². The highest BCUT2D eigenvalue weighted by molar-refractivity contribution is 6.32. The summed E-state index contributed by atoms with van der Waals surface area (Å²) in [5.74, 6) is 0.139. The van der Waals surface area contributed by atoms with Crippen molar-refractivity contribution in [1.82, 2.24) is 0 Å². The molecule has 0 saturated heterocycles. The minimum atomic E-state index is -4.61. The summed E-state index contributed by atoms with van der Waals surface area (Å²) in [6, 6.07) is 15.6. The Balaban J connectivity index is 0.000000201. The Bertz CT molecular complexity index is 2000. The average molecular weight is 768 g/mol. The molecule has 4 amide bonds. The summed E-state index contributed by atoms with van der Waals surface area (Å²) >= 11 is 11.1. The van der Waals surface area contributed by atoms with Gasteiger partial charge in [-0.15, -0.1) is 0 Å². The van der Waals surface area contributed by atoms with E-state index in [1.165, 1.54) is 12.1 Å². The number of aliphatic hydroxyl groups excluding tert-OH is 1. The van der Waals surface area contributed by atoms with Crippen LogP contribution in [-0.4, -0.2) is 29.1 Å². The summed E-state index contributed by atoms with van der Waals surface area (Å²) in [6.45, 7) is 0. The Labute approximate surface area is 303 Å². The highest BCUT2D eigenvalue weighted by atomic mass is 35.5. The van der Waals surface area contributed by atoms with E-state index in [1.807, 2.05) is 12.1 Å². The van der Waals surface area contributed by atoms with Crippen molar-refractivity contribution in [2.45, 2.75) is 57.0 Å². The van der Waals surface area contributed by atoms with E-state index < -0.39 is 51.7 Å². The van der Waals surface area contributed by atoms with Gasteiger partial charge in [-0.05, 0) is 96.5 Å². The minimum absolute atomic E-state index is 0.0144. The van der Waals surface area contributed by atoms with Gasteiger partial charge in [-0.2, -0.15) is 26.3 Å². The molecule has 8 nitrogen and oxygen atoms in total. The maximum absolute atomic E-state index is 12.9. The fraction of sp³-hybridized carbons (Fsp3) is 0.250. The summed E-state index contributed by atoms with van der Waals surface area (Å²) in [6.07, 6.45) is -6.66. The van der Waals surface area contributed by atoms with Crippen molar-refractivity contribution in [2.24, 2.45) is 0 Å². The molecular formula is C36H30Cl2F6N4O4. The molecule has 2 aliphatic carbocycles. The minimum Gasteiger partial charge on any atom is -0.393 e. The SMILES string of the molecule is O=C(Nc1ccc(Cl)c(C(F)(F)F)c1)Nc1cccc2c1CCC(O)C2.O=C1CCc2c(cccc2NC(=O)Nc2ccc(Cl)c(C(F)(F)F)c2)C1. The number of alkyl halides is 6. The van der Waals surface area contributed by atoms with Crippen molar-refractivity contribution in [3.05, 3.63) is 116 Å². The Morgan fingerprint density at radius 1 is 0.654 bits per heavy atom. The van der Waals surface area contributed by atoms with E-state index in [-0.39, 0.29) is 17.2 Å². The predicted octanol–water partition coefficient (Wildman–Crippen LogP) is 9.91. The monoisotopic (exact) mass is 766 g/mol. The molecule has 0 aromatic heterocycles. The van der Waals surface area contributed by atoms with E-state index in [2.05, 4.69) is 21.3 Å². The van der Waals surface area contributed by atoms with E-state index in [1.54, 1.807) is 24.3 Å². The molecule has 0 fully saturated rings. The van der Waals surface area contributed by atoms with Gasteiger partial charge in [0, 0.05) is 35.6 Å². The molecule has 5 N–H and O–H groups in total. The van der Waals surface area contributed by atoms with Crippen LogP contribution in [0, 0.1) is 0 Å². The Morgan fingerprint density at radius 2 is 1.13 bits per heavy atom. The molecular weight excluding hydrogens is 737 g/mol. The Kier molecular flexibility index (Phi) is 11.7. The van der Waals surface area contributed by atoms with Gasteiger partial charge in [-0.25, -0.2) is 9.59 Å². The molecule has 0 saturated carbocycles. The quantitative estimate of drug-likeness (QED) is 0.133. The molecule has 274 valence electrons. The molecule has 0 heterocycles. The third-order valence-corrected chi connectivity index (χ3v) is 8.99. The molecule has 0 aliphatic heterocycles. The second-order valence-corrected chi connectivity index (χ2v) is 12.9. The highest BCUT2D eigenvalue weighted by Gasteiger charge is 2.34. The summed E-state index contributed by atoms with van der Waals surface area (Å²) in [5, 5.41) is 18.9. The molecule has 0 spiro atoms. The molecule has 0 bridgehead atoms. The van der Waals surface area contributed by atoms with Gasteiger partial charge >= 0.3 is 24.4 Å². The Hall–Kier alpha value is -4.79. The van der Waals surface area contributed by atoms with Crippen molar-refractivity contribution in [3.8, 4) is 0 Å². The summed E-state index contributed by atoms with van der Waals surface area (Å²) in [4.78, 5) is 35.9. The number of aliphatic hydroxyl groups is 1. The fourth-order valence-electron chi connectivity index (χ4n) is 5.89. The van der Waals surface area contributed by atoms with E-state index in [4.69, 9.17) is 23.2 Å². The molecule has 2 aliphatic rings. The lowest BCUT2D eigenvalue weighted by atomic mass is 9.89. The standard InChI is InChI=1S/C18H16ClF3N2O2.C18H14ClF3N2O2/c2*19-15-7-4-11(9-14(15)18(20,21)22)23-17(26)24-16-3-1-2-10-8-12(25)5-6-13(10)16/h1-4,7,9,12,25H,5-6,8H2,(H2,23,24,26);1-4,7,9H,5-6,8H2,(H2,23,24,26). The lowest BCUT2D eigenvalue weighted by Gasteiger charge is -2.23. The van der Waals surface area contributed by atoms with E-state index in [0.717, 1.165) is 46.5 Å². The molecule has 52 heavy (non-hydrogen) atoms. The highest BCUT2D eigenvalue weighted by Crippen LogP contribution is 2.38. The predicted molar refractivity (Wildman–Crippen MR) is 186 cm³/mol. The molecule has 16 heteroatoms. The molecule has 1 unspecified atom stereocenters. The number of benzene rings is 4. The third kappa shape index (κ3) is 9.75. The van der Waals surface area contributed by atoms with Gasteiger partial charge in [-0.1, -0.05) is 47.5 Å². The Morgan fingerprint density at radius 3 is 1.63 bits per heavy atom. The number of hydrogen-bond acceptors (Lipinski definition) is 4. The number of fused-ring (bicyclic) bond motifs is 2. The van der Waals surface area contributed by atoms with E-state index in [0.29, 0.717) is 49.9 Å². The molecule has 1 atom stereocenters. The van der Waals surface area contributed by atoms with Gasteiger partial charge in [0.25, 0.3) is 0 Å². The van der Waals surface area contributed by atoms with Crippen molar-refractivity contribution < 1.29 is 45.8 Å². The second-order valence-electron chi connectivity index (χ2n) is 12.0. The number of urea groups is 2. The fourth-order valence-corrected chi connectivity index (χ4v) is 6.34. The smallest absolute Gasteiger partial charge is 0.393 e. The number of ketones is 1. The van der Waals surface area contributed by atoms with Crippen molar-refractivity contribution in [1.29, 1.82) is 0 Å². The summed E-state index contributed by atoms with van der Waals surface area (Å²) in [5.41, 5.74) is 2.65. The van der Waals surface area contributed by atoms with Gasteiger partial charge in [-0.3, -0.25) is 4.79 Å². The number of Topliss-reactive ketones (excluding diaryl/α,β-unsaturated/α-hetero) is 1. The lowest BCUT2D eigenvalue weighted by Crippen LogP contribution is -2.24. The number of rotatable bonds is 4. The van der Waals surface area contributed by atoms with Gasteiger partial charge < -0.3 is 26.4 Å². The number of amides is 4. The van der Waals surface area contributed by atoms with Gasteiger partial charge in [0.2, 0.25) is 0 Å². The van der Waals surface area contributed by atoms with E-state index >= 15 is 0 Å². The van der Waals surface area contributed by atoms with Crippen LogP contribution in [0.5, 0.6) is 0 Å². The van der Waals surface area contributed by atoms with Crippen molar-refractivity contribution in [2.75, 3.05) is 21.3 Å². The summed E-state index contributed by atoms with van der Waals surface area (Å²) < 4.78 is 77.4. The van der Waals surface area contributed by atoms with Crippen LogP contribution in [0.3, 0.4) is 0 Å². The molecule has 6 rings (SSSR count). The van der Waals surface area contributed by atoms with Crippen molar-refractivity contribution in [3.63, 3.8) is 0 Å². The topological polar surface area (TPSA) is 120 Å². The zero-order valence-electron chi connectivity index (χ0n) is 26.9.